The van der Waals surface area contributed by atoms with Gasteiger partial charge in [0.1, 0.15) is 24.1 Å². The van der Waals surface area contributed by atoms with Crippen LogP contribution >= 0.6 is 15.9 Å². The predicted octanol–water partition coefficient (Wildman–Crippen LogP) is 0.889. The zero-order chi connectivity index (χ0) is 16.9. The number of halogens is 1. The van der Waals surface area contributed by atoms with Crippen LogP contribution in [0.3, 0.4) is 0 Å². The number of anilines is 1. The van der Waals surface area contributed by atoms with Gasteiger partial charge in [-0.05, 0) is 15.9 Å². The van der Waals surface area contributed by atoms with Crippen molar-refractivity contribution < 1.29 is 18.9 Å². The average molecular weight is 400 g/mol. The van der Waals surface area contributed by atoms with Crippen molar-refractivity contribution in [1.82, 2.24) is 19.5 Å². The van der Waals surface area contributed by atoms with E-state index in [9.17, 15) is 0 Å². The maximum atomic E-state index is 6.41. The Morgan fingerprint density at radius 2 is 2.29 bits per heavy atom. The van der Waals surface area contributed by atoms with Crippen molar-refractivity contribution in [2.75, 3.05) is 33.2 Å². The first kappa shape index (κ1) is 16.2. The smallest absolute Gasteiger partial charge is 0.181 e. The fourth-order valence-electron chi connectivity index (χ4n) is 3.67. The van der Waals surface area contributed by atoms with E-state index in [0.717, 1.165) is 0 Å². The molecule has 4 heterocycles. The summed E-state index contributed by atoms with van der Waals surface area (Å²) >= 11 is 3.47. The van der Waals surface area contributed by atoms with E-state index >= 15 is 0 Å². The number of imidazole rings is 1. The quantitative estimate of drug-likeness (QED) is 0.755. The van der Waals surface area contributed by atoms with E-state index < -0.39 is 11.8 Å². The number of fused-ring (bicyclic) bond motifs is 3. The fourth-order valence-corrected chi connectivity index (χ4v) is 4.22. The summed E-state index contributed by atoms with van der Waals surface area (Å²) in [7, 11) is 3.31. The third-order valence-corrected chi connectivity index (χ3v) is 5.21. The van der Waals surface area contributed by atoms with Crippen LogP contribution in [-0.4, -0.2) is 64.8 Å². The highest BCUT2D eigenvalue weighted by Crippen LogP contribution is 2.47. The summed E-state index contributed by atoms with van der Waals surface area (Å²) < 4.78 is 25.8. The first-order chi connectivity index (χ1) is 11.6. The van der Waals surface area contributed by atoms with Gasteiger partial charge in [-0.25, -0.2) is 15.0 Å². The van der Waals surface area contributed by atoms with Gasteiger partial charge in [-0.15, -0.1) is 0 Å². The monoisotopic (exact) mass is 399 g/mol. The van der Waals surface area contributed by atoms with E-state index in [1.54, 1.807) is 14.2 Å². The largest absolute Gasteiger partial charge is 0.382 e. The molecule has 2 N–H and O–H groups in total. The van der Waals surface area contributed by atoms with Gasteiger partial charge in [-0.2, -0.15) is 0 Å². The number of nitrogen functional groups attached to an aromatic ring is 1. The molecule has 0 amide bonds. The van der Waals surface area contributed by atoms with Gasteiger partial charge in [0, 0.05) is 20.6 Å². The van der Waals surface area contributed by atoms with Crippen LogP contribution in [-0.2, 0) is 18.9 Å². The minimum atomic E-state index is -0.564. The molecule has 10 heteroatoms. The Morgan fingerprint density at radius 3 is 3.04 bits per heavy atom. The van der Waals surface area contributed by atoms with E-state index in [2.05, 4.69) is 30.9 Å². The zero-order valence-electron chi connectivity index (χ0n) is 13.3. The molecule has 130 valence electrons. The van der Waals surface area contributed by atoms with Crippen LogP contribution in [0, 0.1) is 0 Å². The van der Waals surface area contributed by atoms with Crippen LogP contribution in [0.1, 0.15) is 12.6 Å². The summed E-state index contributed by atoms with van der Waals surface area (Å²) in [6.07, 6.45) is 1.08. The molecule has 2 unspecified atom stereocenters. The van der Waals surface area contributed by atoms with Crippen molar-refractivity contribution in [3.63, 3.8) is 0 Å². The molecule has 0 aromatic carbocycles. The van der Waals surface area contributed by atoms with Crippen LogP contribution in [0.25, 0.3) is 11.2 Å². The van der Waals surface area contributed by atoms with Gasteiger partial charge in [0.2, 0.25) is 0 Å². The predicted molar refractivity (Wildman–Crippen MR) is 87.3 cm³/mol. The van der Waals surface area contributed by atoms with Crippen molar-refractivity contribution in [2.45, 2.75) is 30.5 Å². The normalized spacial score (nSPS) is 32.5. The Balaban J connectivity index is 1.83. The third kappa shape index (κ3) is 2.17. The Bertz CT molecular complexity index is 767. The SMILES string of the molecule is COC[C@@]12CCOC(C1OC)[C@H](n1c(Br)nc3c(N)ncnc31)O2. The molecule has 2 fully saturated rings. The van der Waals surface area contributed by atoms with E-state index in [0.29, 0.717) is 41.3 Å². The maximum Gasteiger partial charge on any atom is 0.181 e. The summed E-state index contributed by atoms with van der Waals surface area (Å²) in [5.74, 6) is 0.316. The van der Waals surface area contributed by atoms with Gasteiger partial charge in [0.05, 0.1) is 13.2 Å². The summed E-state index contributed by atoms with van der Waals surface area (Å²) in [5, 5.41) is 0. The number of ether oxygens (including phenoxy) is 4. The molecule has 9 nitrogen and oxygen atoms in total. The Hall–Kier alpha value is -1.33. The third-order valence-electron chi connectivity index (χ3n) is 4.65. The minimum absolute atomic E-state index is 0.250. The highest BCUT2D eigenvalue weighted by atomic mass is 79.9. The van der Waals surface area contributed by atoms with Gasteiger partial charge in [-0.1, -0.05) is 0 Å². The number of hydrogen-bond donors (Lipinski definition) is 1. The van der Waals surface area contributed by atoms with Gasteiger partial charge < -0.3 is 24.7 Å². The first-order valence-electron chi connectivity index (χ1n) is 7.56. The molecule has 0 saturated carbocycles. The molecule has 2 aromatic heterocycles. The minimum Gasteiger partial charge on any atom is -0.382 e. The van der Waals surface area contributed by atoms with Crippen molar-refractivity contribution >= 4 is 32.9 Å². The Labute approximate surface area is 146 Å². The van der Waals surface area contributed by atoms with Gasteiger partial charge in [0.15, 0.2) is 27.9 Å². The van der Waals surface area contributed by atoms with Crippen molar-refractivity contribution in [1.29, 1.82) is 0 Å². The molecule has 24 heavy (non-hydrogen) atoms. The summed E-state index contributed by atoms with van der Waals surface area (Å²) in [5.41, 5.74) is 6.44. The number of aromatic nitrogens is 4. The molecule has 2 saturated heterocycles. The molecule has 4 atom stereocenters. The number of hydrogen-bond acceptors (Lipinski definition) is 8. The Kier molecular flexibility index (Phi) is 3.96. The lowest BCUT2D eigenvalue weighted by atomic mass is 9.90. The lowest BCUT2D eigenvalue weighted by Gasteiger charge is -2.37. The second-order valence-electron chi connectivity index (χ2n) is 5.93. The number of methoxy groups -OCH3 is 2. The van der Waals surface area contributed by atoms with Crippen LogP contribution in [0.4, 0.5) is 5.82 Å². The molecular weight excluding hydrogens is 382 g/mol. The van der Waals surface area contributed by atoms with Gasteiger partial charge in [0.25, 0.3) is 0 Å². The molecule has 4 rings (SSSR count). The second kappa shape index (κ2) is 5.88. The number of nitrogens with two attached hydrogens (primary N) is 1. The summed E-state index contributed by atoms with van der Waals surface area (Å²) in [6, 6.07) is 0. The summed E-state index contributed by atoms with van der Waals surface area (Å²) in [4.78, 5) is 12.7. The van der Waals surface area contributed by atoms with Crippen LogP contribution < -0.4 is 5.73 Å². The topological polar surface area (TPSA) is 107 Å². The molecule has 2 bridgehead atoms. The van der Waals surface area contributed by atoms with Crippen molar-refractivity contribution in [3.05, 3.63) is 11.1 Å². The highest BCUT2D eigenvalue weighted by Gasteiger charge is 2.60. The molecule has 2 aliphatic heterocycles. The van der Waals surface area contributed by atoms with Gasteiger partial charge >= 0.3 is 0 Å². The molecule has 2 aliphatic rings. The number of nitrogens with zero attached hydrogens (tertiary/aromatic N) is 4. The van der Waals surface area contributed by atoms with E-state index in [1.165, 1.54) is 6.33 Å². The van der Waals surface area contributed by atoms with E-state index in [-0.39, 0.29) is 12.2 Å². The van der Waals surface area contributed by atoms with Crippen molar-refractivity contribution in [2.24, 2.45) is 0 Å². The lowest BCUT2D eigenvalue weighted by molar-refractivity contribution is -0.159. The standard InChI is InChI=1S/C14H18BrN5O4/c1-21-5-14-3-4-23-8(9(14)22-2)12(24-14)20-11-7(19-13(20)15)10(16)17-6-18-11/h6,8-9,12H,3-5H2,1-2H3,(H2,16,17,18)/t8?,9?,12-,14+/m1/s1. The van der Waals surface area contributed by atoms with E-state index in [1.807, 2.05) is 4.57 Å². The molecule has 0 radical (unpaired) electrons. The molecule has 2 aromatic rings. The van der Waals surface area contributed by atoms with Crippen LogP contribution in [0.2, 0.25) is 0 Å². The fraction of sp³-hybridized carbons (Fsp3) is 0.643. The van der Waals surface area contributed by atoms with Gasteiger partial charge in [-0.3, -0.25) is 4.57 Å². The number of rotatable bonds is 4. The first-order valence-corrected chi connectivity index (χ1v) is 8.35. The lowest BCUT2D eigenvalue weighted by Crippen LogP contribution is -2.52. The molecular formula is C14H18BrN5O4. The Morgan fingerprint density at radius 1 is 1.46 bits per heavy atom. The van der Waals surface area contributed by atoms with Crippen molar-refractivity contribution in [3.8, 4) is 0 Å². The highest BCUT2D eigenvalue weighted by molar-refractivity contribution is 9.10. The molecule has 0 spiro atoms. The summed E-state index contributed by atoms with van der Waals surface area (Å²) in [6.45, 7) is 0.995. The maximum absolute atomic E-state index is 6.41. The van der Waals surface area contributed by atoms with E-state index in [4.69, 9.17) is 24.7 Å². The molecule has 0 aliphatic carbocycles. The second-order valence-corrected chi connectivity index (χ2v) is 6.64. The van der Waals surface area contributed by atoms with Crippen LogP contribution in [0.5, 0.6) is 0 Å². The van der Waals surface area contributed by atoms with Crippen LogP contribution in [0.15, 0.2) is 11.1 Å². The average Bonchev–Trinajstić information content (AvgIpc) is 2.97. The zero-order valence-corrected chi connectivity index (χ0v) is 14.9.